The molecule has 3 heteroatoms. The second-order valence-electron chi connectivity index (χ2n) is 4.15. The number of methoxy groups -OCH3 is 1. The molecule has 0 aliphatic rings. The molecule has 2 atom stereocenters. The minimum atomic E-state index is 0.159. The molecule has 1 aromatic rings. The summed E-state index contributed by atoms with van der Waals surface area (Å²) in [5.41, 5.74) is 5.40. The summed E-state index contributed by atoms with van der Waals surface area (Å²) in [6.07, 6.45) is 2.01. The summed E-state index contributed by atoms with van der Waals surface area (Å²) in [7, 11) is 1.73. The highest BCUT2D eigenvalue weighted by Gasteiger charge is 2.18. The molecule has 3 nitrogen and oxygen atoms in total. The van der Waals surface area contributed by atoms with Crippen molar-refractivity contribution in [3.63, 3.8) is 0 Å². The number of nitrogens with one attached hydrogen (secondary N) is 1. The van der Waals surface area contributed by atoms with Gasteiger partial charge in [0, 0.05) is 7.11 Å². The van der Waals surface area contributed by atoms with Gasteiger partial charge in [0.1, 0.15) is 0 Å². The van der Waals surface area contributed by atoms with Gasteiger partial charge in [0.05, 0.1) is 12.1 Å². The maximum atomic E-state index is 5.57. The van der Waals surface area contributed by atoms with Crippen molar-refractivity contribution >= 4 is 0 Å². The monoisotopic (exact) mass is 222 g/mol. The minimum Gasteiger partial charge on any atom is -0.380 e. The van der Waals surface area contributed by atoms with Gasteiger partial charge in [-0.3, -0.25) is 11.3 Å². The number of hydrazine groups is 1. The van der Waals surface area contributed by atoms with Gasteiger partial charge in [-0.2, -0.15) is 0 Å². The van der Waals surface area contributed by atoms with E-state index >= 15 is 0 Å². The zero-order chi connectivity index (χ0) is 12.0. The molecule has 0 amide bonds. The highest BCUT2D eigenvalue weighted by Crippen LogP contribution is 2.11. The van der Waals surface area contributed by atoms with E-state index in [1.165, 1.54) is 11.1 Å². The van der Waals surface area contributed by atoms with Gasteiger partial charge < -0.3 is 4.74 Å². The lowest BCUT2D eigenvalue weighted by Gasteiger charge is -2.24. The fourth-order valence-electron chi connectivity index (χ4n) is 1.89. The van der Waals surface area contributed by atoms with E-state index in [0.717, 1.165) is 12.8 Å². The summed E-state index contributed by atoms with van der Waals surface area (Å²) in [6, 6.07) is 8.69. The first-order chi connectivity index (χ1) is 7.71. The molecule has 0 heterocycles. The van der Waals surface area contributed by atoms with E-state index in [1.54, 1.807) is 7.11 Å². The van der Waals surface area contributed by atoms with Crippen LogP contribution in [0, 0.1) is 6.92 Å². The number of rotatable bonds is 6. The third kappa shape index (κ3) is 3.59. The number of nitrogens with two attached hydrogens (primary N) is 1. The van der Waals surface area contributed by atoms with Crippen LogP contribution < -0.4 is 11.3 Å². The van der Waals surface area contributed by atoms with Crippen LogP contribution >= 0.6 is 0 Å². The number of hydrogen-bond donors (Lipinski definition) is 2. The molecule has 2 unspecified atom stereocenters. The van der Waals surface area contributed by atoms with E-state index in [4.69, 9.17) is 10.6 Å². The first kappa shape index (κ1) is 13.2. The van der Waals surface area contributed by atoms with Crippen LogP contribution in [-0.4, -0.2) is 19.3 Å². The van der Waals surface area contributed by atoms with Crippen LogP contribution in [0.2, 0.25) is 0 Å². The first-order valence-electron chi connectivity index (χ1n) is 5.75. The lowest BCUT2D eigenvalue weighted by Crippen LogP contribution is -2.46. The molecule has 0 aliphatic heterocycles. The lowest BCUT2D eigenvalue weighted by molar-refractivity contribution is 0.0653. The number of benzene rings is 1. The molecule has 1 aromatic carbocycles. The molecule has 1 rings (SSSR count). The van der Waals surface area contributed by atoms with Crippen LogP contribution in [0.5, 0.6) is 0 Å². The molecule has 0 bridgehead atoms. The summed E-state index contributed by atoms with van der Waals surface area (Å²) in [5, 5.41) is 0. The van der Waals surface area contributed by atoms with Gasteiger partial charge in [-0.05, 0) is 25.3 Å². The van der Waals surface area contributed by atoms with Crippen molar-refractivity contribution in [1.82, 2.24) is 5.43 Å². The average molecular weight is 222 g/mol. The normalized spacial score (nSPS) is 14.8. The predicted octanol–water partition coefficient (Wildman–Crippen LogP) is 1.79. The van der Waals surface area contributed by atoms with E-state index in [0.29, 0.717) is 0 Å². The zero-order valence-corrected chi connectivity index (χ0v) is 10.4. The van der Waals surface area contributed by atoms with E-state index in [9.17, 15) is 0 Å². The lowest BCUT2D eigenvalue weighted by atomic mass is 9.99. The molecule has 90 valence electrons. The van der Waals surface area contributed by atoms with Crippen LogP contribution in [0.4, 0.5) is 0 Å². The fourth-order valence-corrected chi connectivity index (χ4v) is 1.89. The number of ether oxygens (including phenoxy) is 1. The first-order valence-corrected chi connectivity index (χ1v) is 5.75. The van der Waals surface area contributed by atoms with Crippen molar-refractivity contribution in [2.24, 2.45) is 5.84 Å². The Morgan fingerprint density at radius 3 is 2.38 bits per heavy atom. The van der Waals surface area contributed by atoms with Crippen molar-refractivity contribution in [2.75, 3.05) is 7.11 Å². The third-order valence-electron chi connectivity index (χ3n) is 2.94. The average Bonchev–Trinajstić information content (AvgIpc) is 2.32. The quantitative estimate of drug-likeness (QED) is 0.570. The summed E-state index contributed by atoms with van der Waals surface area (Å²) in [6.45, 7) is 4.19. The molecular weight excluding hydrogens is 200 g/mol. The summed E-state index contributed by atoms with van der Waals surface area (Å²) in [5.74, 6) is 5.57. The standard InChI is InChI=1S/C13H22N2O/c1-4-13(16-3)12(15-14)9-11-7-5-10(2)6-8-11/h5-8,12-13,15H,4,9,14H2,1-3H3. The van der Waals surface area contributed by atoms with E-state index in [-0.39, 0.29) is 12.1 Å². The number of hydrogen-bond acceptors (Lipinski definition) is 3. The van der Waals surface area contributed by atoms with E-state index in [1.807, 2.05) is 0 Å². The molecule has 0 saturated heterocycles. The van der Waals surface area contributed by atoms with Gasteiger partial charge in [0.25, 0.3) is 0 Å². The molecule has 0 fully saturated rings. The highest BCUT2D eigenvalue weighted by molar-refractivity contribution is 5.22. The Balaban J connectivity index is 2.65. The second kappa shape index (κ2) is 6.63. The van der Waals surface area contributed by atoms with Crippen LogP contribution in [0.25, 0.3) is 0 Å². The SMILES string of the molecule is CCC(OC)C(Cc1ccc(C)cc1)NN. The van der Waals surface area contributed by atoms with E-state index in [2.05, 4.69) is 43.5 Å². The Labute approximate surface area is 98.0 Å². The molecule has 0 aliphatic carbocycles. The maximum absolute atomic E-state index is 5.57. The fraction of sp³-hybridized carbons (Fsp3) is 0.538. The Morgan fingerprint density at radius 1 is 1.31 bits per heavy atom. The molecule has 0 spiro atoms. The Morgan fingerprint density at radius 2 is 1.94 bits per heavy atom. The van der Waals surface area contributed by atoms with Crippen molar-refractivity contribution < 1.29 is 4.74 Å². The van der Waals surface area contributed by atoms with Crippen molar-refractivity contribution in [3.8, 4) is 0 Å². The van der Waals surface area contributed by atoms with Crippen LogP contribution in [-0.2, 0) is 11.2 Å². The smallest absolute Gasteiger partial charge is 0.0738 e. The van der Waals surface area contributed by atoms with Crippen molar-refractivity contribution in [3.05, 3.63) is 35.4 Å². The van der Waals surface area contributed by atoms with Gasteiger partial charge in [0.15, 0.2) is 0 Å². The molecule has 0 aromatic heterocycles. The topological polar surface area (TPSA) is 47.3 Å². The van der Waals surface area contributed by atoms with Gasteiger partial charge in [-0.25, -0.2) is 0 Å². The minimum absolute atomic E-state index is 0.159. The molecule has 16 heavy (non-hydrogen) atoms. The summed E-state index contributed by atoms with van der Waals surface area (Å²) >= 11 is 0. The Bertz CT molecular complexity index is 293. The Hall–Kier alpha value is -0.900. The van der Waals surface area contributed by atoms with Gasteiger partial charge in [0.2, 0.25) is 0 Å². The predicted molar refractivity (Wildman–Crippen MR) is 67.1 cm³/mol. The highest BCUT2D eigenvalue weighted by atomic mass is 16.5. The number of aryl methyl sites for hydroxylation is 1. The summed E-state index contributed by atoms with van der Waals surface area (Å²) < 4.78 is 5.41. The van der Waals surface area contributed by atoms with Gasteiger partial charge in [-0.15, -0.1) is 0 Å². The largest absolute Gasteiger partial charge is 0.380 e. The molecule has 0 saturated carbocycles. The molecule has 3 N–H and O–H groups in total. The third-order valence-corrected chi connectivity index (χ3v) is 2.94. The van der Waals surface area contributed by atoms with E-state index < -0.39 is 0 Å². The van der Waals surface area contributed by atoms with Crippen LogP contribution in [0.15, 0.2) is 24.3 Å². The van der Waals surface area contributed by atoms with Gasteiger partial charge in [-0.1, -0.05) is 36.8 Å². The molecule has 0 radical (unpaired) electrons. The Kier molecular flexibility index (Phi) is 5.46. The maximum Gasteiger partial charge on any atom is 0.0738 e. The van der Waals surface area contributed by atoms with Crippen molar-refractivity contribution in [2.45, 2.75) is 38.8 Å². The zero-order valence-electron chi connectivity index (χ0n) is 10.4. The molecular formula is C13H22N2O. The van der Waals surface area contributed by atoms with Crippen LogP contribution in [0.1, 0.15) is 24.5 Å². The van der Waals surface area contributed by atoms with Gasteiger partial charge >= 0.3 is 0 Å². The second-order valence-corrected chi connectivity index (χ2v) is 4.15. The van der Waals surface area contributed by atoms with Crippen molar-refractivity contribution in [1.29, 1.82) is 0 Å². The summed E-state index contributed by atoms with van der Waals surface area (Å²) in [4.78, 5) is 0. The van der Waals surface area contributed by atoms with Crippen LogP contribution in [0.3, 0.4) is 0 Å².